The summed E-state index contributed by atoms with van der Waals surface area (Å²) < 4.78 is 20.2. The zero-order chi connectivity index (χ0) is 22.2. The molecule has 0 saturated heterocycles. The largest absolute Gasteiger partial charge is 0.469 e. The van der Waals surface area contributed by atoms with Crippen LogP contribution in [0.1, 0.15) is 12.0 Å². The van der Waals surface area contributed by atoms with E-state index in [4.69, 9.17) is 19.9 Å². The topological polar surface area (TPSA) is 143 Å². The van der Waals surface area contributed by atoms with Gasteiger partial charge in [0.25, 0.3) is 0 Å². The molecule has 0 radical (unpaired) electrons. The lowest BCUT2D eigenvalue weighted by Gasteiger charge is -2.35. The molecular weight excluding hydrogens is 464 g/mol. The minimum Gasteiger partial charge on any atom is -0.469 e. The number of nitrogens with one attached hydrogen (secondary N) is 1. The summed E-state index contributed by atoms with van der Waals surface area (Å²) in [5.41, 5.74) is 3.79. The lowest BCUT2D eigenvalue weighted by atomic mass is 9.66. The van der Waals surface area contributed by atoms with Crippen LogP contribution in [-0.4, -0.2) is 45.2 Å². The Balaban J connectivity index is 2.46. The van der Waals surface area contributed by atoms with E-state index in [-0.39, 0.29) is 28.3 Å². The number of hydrogen-bond donors (Lipinski definition) is 2. The van der Waals surface area contributed by atoms with Crippen molar-refractivity contribution in [2.45, 2.75) is 11.8 Å². The molecule has 3 rings (SSSR count). The molecule has 1 unspecified atom stereocenters. The Kier molecular flexibility index (Phi) is 5.57. The lowest BCUT2D eigenvalue weighted by Crippen LogP contribution is -2.47. The van der Waals surface area contributed by atoms with Crippen LogP contribution >= 0.6 is 15.9 Å². The average molecular weight is 481 g/mol. The Morgan fingerprint density at radius 1 is 1.10 bits per heavy atom. The van der Waals surface area contributed by atoms with Crippen LogP contribution in [0.5, 0.6) is 0 Å². The normalized spacial score (nSPS) is 19.8. The predicted octanol–water partition coefficient (Wildman–Crippen LogP) is 1.00. The highest BCUT2D eigenvalue weighted by molar-refractivity contribution is 9.10. The number of nitrogens with two attached hydrogens (primary N) is 1. The highest BCUT2D eigenvalue weighted by atomic mass is 79.9. The van der Waals surface area contributed by atoms with Crippen LogP contribution < -0.4 is 11.1 Å². The zero-order valence-electron chi connectivity index (χ0n) is 16.2. The Hall–Kier alpha value is -3.34. The molecule has 0 fully saturated rings. The molecule has 0 saturated carbocycles. The smallest absolute Gasteiger partial charge is 0.339 e. The van der Waals surface area contributed by atoms with E-state index < -0.39 is 35.7 Å². The molecule has 158 valence electrons. The van der Waals surface area contributed by atoms with E-state index >= 15 is 0 Å². The van der Waals surface area contributed by atoms with Crippen LogP contribution in [0.3, 0.4) is 0 Å². The maximum Gasteiger partial charge on any atom is 0.339 e. The van der Waals surface area contributed by atoms with Gasteiger partial charge >= 0.3 is 23.9 Å². The molecule has 0 aromatic heterocycles. The minimum atomic E-state index is -2.11. The molecule has 10 nitrogen and oxygen atoms in total. The summed E-state index contributed by atoms with van der Waals surface area (Å²) in [6.45, 7) is 0. The number of carbonyl (C=O) groups excluding carboxylic acids is 4. The van der Waals surface area contributed by atoms with Gasteiger partial charge in [0.15, 0.2) is 5.41 Å². The molecule has 3 N–H and O–H groups in total. The number of halogens is 1. The van der Waals surface area contributed by atoms with E-state index in [0.717, 1.165) is 21.3 Å². The number of fused-ring (bicyclic) bond motifs is 2. The van der Waals surface area contributed by atoms with Crippen molar-refractivity contribution in [1.82, 2.24) is 0 Å². The van der Waals surface area contributed by atoms with Gasteiger partial charge < -0.3 is 30.0 Å². The second-order valence-electron chi connectivity index (χ2n) is 6.28. The Bertz CT molecular complexity index is 1040. The second-order valence-corrected chi connectivity index (χ2v) is 7.19. The molecule has 30 heavy (non-hydrogen) atoms. The summed E-state index contributed by atoms with van der Waals surface area (Å²) in [6, 6.07) is 4.80. The number of cyclic esters (lactones) is 1. The molecule has 2 aliphatic rings. The van der Waals surface area contributed by atoms with Crippen LogP contribution in [0.25, 0.3) is 0 Å². The molecule has 0 aliphatic carbocycles. The highest BCUT2D eigenvalue weighted by Crippen LogP contribution is 2.53. The van der Waals surface area contributed by atoms with Crippen molar-refractivity contribution < 1.29 is 38.1 Å². The number of benzene rings is 1. The van der Waals surface area contributed by atoms with Crippen molar-refractivity contribution in [2.24, 2.45) is 5.73 Å². The van der Waals surface area contributed by atoms with Crippen LogP contribution in [0.4, 0.5) is 5.69 Å². The quantitative estimate of drug-likeness (QED) is 0.472. The number of hydrogen-bond acceptors (Lipinski definition) is 10. The maximum absolute atomic E-state index is 13.3. The number of methoxy groups -OCH3 is 3. The van der Waals surface area contributed by atoms with Crippen molar-refractivity contribution in [3.05, 3.63) is 51.0 Å². The number of ether oxygens (including phenoxy) is 4. The van der Waals surface area contributed by atoms with Crippen molar-refractivity contribution in [2.75, 3.05) is 26.6 Å². The molecule has 0 bridgehead atoms. The van der Waals surface area contributed by atoms with Gasteiger partial charge in [-0.1, -0.05) is 15.9 Å². The van der Waals surface area contributed by atoms with Gasteiger partial charge in [-0.15, -0.1) is 0 Å². The fourth-order valence-corrected chi connectivity index (χ4v) is 3.93. The monoisotopic (exact) mass is 480 g/mol. The van der Waals surface area contributed by atoms with E-state index in [1.807, 2.05) is 0 Å². The average Bonchev–Trinajstić information content (AvgIpc) is 2.99. The first-order valence-electron chi connectivity index (χ1n) is 8.48. The summed E-state index contributed by atoms with van der Waals surface area (Å²) >= 11 is 3.32. The summed E-state index contributed by atoms with van der Waals surface area (Å²) in [4.78, 5) is 50.8. The molecule has 2 heterocycles. The number of rotatable bonds is 4. The molecule has 1 aromatic rings. The van der Waals surface area contributed by atoms with E-state index in [1.165, 1.54) is 6.07 Å². The fraction of sp³-hybridized carbons (Fsp3) is 0.263. The fourth-order valence-electron chi connectivity index (χ4n) is 3.56. The zero-order valence-corrected chi connectivity index (χ0v) is 17.7. The van der Waals surface area contributed by atoms with Crippen molar-refractivity contribution in [1.29, 1.82) is 0 Å². The van der Waals surface area contributed by atoms with Gasteiger partial charge in [-0.2, -0.15) is 0 Å². The third kappa shape index (κ3) is 3.02. The maximum atomic E-state index is 13.3. The number of carbonyl (C=O) groups is 4. The molecule has 2 aliphatic heterocycles. The van der Waals surface area contributed by atoms with Gasteiger partial charge in [0, 0.05) is 15.7 Å². The number of anilines is 1. The van der Waals surface area contributed by atoms with E-state index in [9.17, 15) is 19.2 Å². The SMILES string of the molecule is COC(=O)CC1=C(C(=O)OC)C2(C(=O)O1)C(C(=O)OC)=C(N)Nc1ccc(Br)cc12. The summed E-state index contributed by atoms with van der Waals surface area (Å²) in [6.07, 6.45) is -0.542. The van der Waals surface area contributed by atoms with Gasteiger partial charge in [-0.05, 0) is 18.2 Å². The highest BCUT2D eigenvalue weighted by Gasteiger charge is 2.63. The summed E-state index contributed by atoms with van der Waals surface area (Å²) in [7, 11) is 3.33. The first-order valence-corrected chi connectivity index (χ1v) is 9.28. The van der Waals surface area contributed by atoms with Crippen LogP contribution in [0, 0.1) is 0 Å². The Labute approximate surface area is 179 Å². The molecule has 1 spiro atoms. The molecular formula is C19H17BrN2O8. The van der Waals surface area contributed by atoms with Gasteiger partial charge in [0.1, 0.15) is 29.1 Å². The lowest BCUT2D eigenvalue weighted by molar-refractivity contribution is -0.147. The van der Waals surface area contributed by atoms with Gasteiger partial charge in [0.2, 0.25) is 0 Å². The van der Waals surface area contributed by atoms with Crippen LogP contribution in [-0.2, 0) is 43.5 Å². The van der Waals surface area contributed by atoms with Crippen molar-refractivity contribution >= 4 is 45.5 Å². The van der Waals surface area contributed by atoms with Gasteiger partial charge in [-0.3, -0.25) is 4.79 Å². The summed E-state index contributed by atoms with van der Waals surface area (Å²) in [5, 5.41) is 2.83. The predicted molar refractivity (Wildman–Crippen MR) is 104 cm³/mol. The van der Waals surface area contributed by atoms with E-state index in [1.54, 1.807) is 12.1 Å². The van der Waals surface area contributed by atoms with Gasteiger partial charge in [-0.25, -0.2) is 14.4 Å². The van der Waals surface area contributed by atoms with Crippen molar-refractivity contribution in [3.63, 3.8) is 0 Å². The van der Waals surface area contributed by atoms with E-state index in [2.05, 4.69) is 26.0 Å². The first kappa shape index (κ1) is 21.4. The van der Waals surface area contributed by atoms with Gasteiger partial charge in [0.05, 0.1) is 21.3 Å². The minimum absolute atomic E-state index is 0.191. The number of esters is 4. The van der Waals surface area contributed by atoms with Crippen LogP contribution in [0.15, 0.2) is 45.4 Å². The standard InChI is InChI=1S/C19H17BrN2O8/c1-27-12(23)7-11-13(16(24)28-2)19(18(26)30-11)9-6-8(20)4-5-10(9)22-15(21)14(19)17(25)29-3/h4-6,22H,7,21H2,1-3H3. The second kappa shape index (κ2) is 7.82. The van der Waals surface area contributed by atoms with Crippen LogP contribution in [0.2, 0.25) is 0 Å². The third-order valence-corrected chi connectivity index (χ3v) is 5.28. The van der Waals surface area contributed by atoms with E-state index in [0.29, 0.717) is 10.2 Å². The third-order valence-electron chi connectivity index (χ3n) is 4.79. The Morgan fingerprint density at radius 2 is 1.73 bits per heavy atom. The Morgan fingerprint density at radius 3 is 2.33 bits per heavy atom. The van der Waals surface area contributed by atoms with Crippen molar-refractivity contribution in [3.8, 4) is 0 Å². The first-order chi connectivity index (χ1) is 14.2. The molecule has 1 atom stereocenters. The molecule has 0 amide bonds. The summed E-state index contributed by atoms with van der Waals surface area (Å²) in [5.74, 6) is -4.25. The molecule has 1 aromatic carbocycles. The molecule has 11 heteroatoms.